The molecule has 0 radical (unpaired) electrons. The van der Waals surface area contributed by atoms with Gasteiger partial charge in [-0.2, -0.15) is 0 Å². The molecule has 0 spiro atoms. The minimum absolute atomic E-state index is 0.280. The quantitative estimate of drug-likeness (QED) is 0.816. The molecule has 4 nitrogen and oxygen atoms in total. The van der Waals surface area contributed by atoms with Crippen molar-refractivity contribution in [3.63, 3.8) is 0 Å². The lowest BCUT2D eigenvalue weighted by atomic mass is 10.3. The fourth-order valence-corrected chi connectivity index (χ4v) is 4.06. The molecule has 6 heteroatoms. The van der Waals surface area contributed by atoms with E-state index in [1.54, 1.807) is 36.4 Å². The van der Waals surface area contributed by atoms with Gasteiger partial charge in [-0.05, 0) is 36.4 Å². The molecule has 0 atom stereocenters. The fourth-order valence-electron chi connectivity index (χ4n) is 2.28. The normalized spacial score (nSPS) is 15.0. The number of rotatable bonds is 2. The van der Waals surface area contributed by atoms with Crippen LogP contribution < -0.4 is 9.04 Å². The summed E-state index contributed by atoms with van der Waals surface area (Å²) in [5, 5.41) is 0. The van der Waals surface area contributed by atoms with Gasteiger partial charge in [0.25, 0.3) is 10.0 Å². The molecule has 0 saturated heterocycles. The number of halogens is 1. The highest BCUT2D eigenvalue weighted by atomic mass is 79.9. The van der Waals surface area contributed by atoms with Crippen molar-refractivity contribution in [3.8, 4) is 5.75 Å². The van der Waals surface area contributed by atoms with Crippen molar-refractivity contribution < 1.29 is 13.2 Å². The number of hydrogen-bond acceptors (Lipinski definition) is 3. The first-order chi connectivity index (χ1) is 10.1. The highest BCUT2D eigenvalue weighted by Gasteiger charge is 2.28. The SMILES string of the molecule is O=S(=O)(c1ccc(Br)cc1)N1CCCOc2ccccc21. The minimum atomic E-state index is -3.58. The first-order valence-corrected chi connectivity index (χ1v) is 8.82. The van der Waals surface area contributed by atoms with E-state index >= 15 is 0 Å². The second-order valence-corrected chi connectivity index (χ2v) is 7.48. The van der Waals surface area contributed by atoms with Crippen LogP contribution in [-0.4, -0.2) is 21.6 Å². The van der Waals surface area contributed by atoms with E-state index in [9.17, 15) is 8.42 Å². The molecule has 0 N–H and O–H groups in total. The van der Waals surface area contributed by atoms with Crippen LogP contribution in [-0.2, 0) is 10.0 Å². The van der Waals surface area contributed by atoms with Crippen LogP contribution in [0.3, 0.4) is 0 Å². The van der Waals surface area contributed by atoms with Gasteiger partial charge in [0.1, 0.15) is 5.75 Å². The summed E-state index contributed by atoms with van der Waals surface area (Å²) >= 11 is 3.32. The Balaban J connectivity index is 2.08. The maximum Gasteiger partial charge on any atom is 0.264 e. The fraction of sp³-hybridized carbons (Fsp3) is 0.200. The molecular weight excluding hydrogens is 354 g/mol. The average Bonchev–Trinajstić information content (AvgIpc) is 2.70. The average molecular weight is 368 g/mol. The van der Waals surface area contributed by atoms with Gasteiger partial charge in [0.15, 0.2) is 0 Å². The van der Waals surface area contributed by atoms with Gasteiger partial charge < -0.3 is 4.74 Å². The van der Waals surface area contributed by atoms with Gasteiger partial charge >= 0.3 is 0 Å². The standard InChI is InChI=1S/C15H14BrNO3S/c16-12-6-8-13(9-7-12)21(18,19)17-10-3-11-20-15-5-2-1-4-14(15)17/h1-2,4-9H,3,10-11H2. The topological polar surface area (TPSA) is 46.6 Å². The summed E-state index contributed by atoms with van der Waals surface area (Å²) in [6.07, 6.45) is 0.657. The summed E-state index contributed by atoms with van der Waals surface area (Å²) < 4.78 is 33.6. The molecule has 2 aromatic rings. The maximum atomic E-state index is 12.9. The van der Waals surface area contributed by atoms with Crippen LogP contribution in [0.15, 0.2) is 57.9 Å². The molecule has 0 fully saturated rings. The number of ether oxygens (including phenoxy) is 1. The monoisotopic (exact) mass is 367 g/mol. The van der Waals surface area contributed by atoms with Crippen molar-refractivity contribution in [2.45, 2.75) is 11.3 Å². The second kappa shape index (κ2) is 5.69. The third-order valence-electron chi connectivity index (χ3n) is 3.30. The zero-order valence-electron chi connectivity index (χ0n) is 11.2. The number of hydrogen-bond donors (Lipinski definition) is 0. The molecule has 1 aliphatic rings. The van der Waals surface area contributed by atoms with Crippen LogP contribution in [0.1, 0.15) is 6.42 Å². The Hall–Kier alpha value is -1.53. The molecule has 0 saturated carbocycles. The van der Waals surface area contributed by atoms with E-state index in [1.807, 2.05) is 12.1 Å². The lowest BCUT2D eigenvalue weighted by Crippen LogP contribution is -2.31. The Labute approximate surface area is 132 Å². The Bertz CT molecular complexity index is 744. The van der Waals surface area contributed by atoms with E-state index in [4.69, 9.17) is 4.74 Å². The smallest absolute Gasteiger partial charge is 0.264 e. The molecule has 2 aromatic carbocycles. The van der Waals surface area contributed by atoms with Crippen LogP contribution in [0, 0.1) is 0 Å². The van der Waals surface area contributed by atoms with E-state index in [0.717, 1.165) is 4.47 Å². The summed E-state index contributed by atoms with van der Waals surface area (Å²) in [5.41, 5.74) is 0.595. The minimum Gasteiger partial charge on any atom is -0.491 e. The van der Waals surface area contributed by atoms with E-state index in [0.29, 0.717) is 31.0 Å². The summed E-state index contributed by atoms with van der Waals surface area (Å²) in [6, 6.07) is 13.9. The van der Waals surface area contributed by atoms with Gasteiger partial charge in [0.2, 0.25) is 0 Å². The maximum absolute atomic E-state index is 12.9. The highest BCUT2D eigenvalue weighted by molar-refractivity contribution is 9.10. The molecule has 0 aliphatic carbocycles. The Morgan fingerprint density at radius 3 is 2.52 bits per heavy atom. The zero-order chi connectivity index (χ0) is 14.9. The van der Waals surface area contributed by atoms with Gasteiger partial charge in [-0.25, -0.2) is 8.42 Å². The number of sulfonamides is 1. The molecule has 0 amide bonds. The molecule has 0 bridgehead atoms. The molecule has 110 valence electrons. The summed E-state index contributed by atoms with van der Waals surface area (Å²) in [7, 11) is -3.58. The van der Waals surface area contributed by atoms with Gasteiger partial charge in [-0.3, -0.25) is 4.31 Å². The van der Waals surface area contributed by atoms with Gasteiger partial charge in [0, 0.05) is 17.4 Å². The summed E-state index contributed by atoms with van der Waals surface area (Å²) in [4.78, 5) is 0.280. The first kappa shape index (κ1) is 14.4. The van der Waals surface area contributed by atoms with Crippen LogP contribution in [0.25, 0.3) is 0 Å². The van der Waals surface area contributed by atoms with Gasteiger partial charge in [-0.1, -0.05) is 28.1 Å². The molecule has 3 rings (SSSR count). The second-order valence-electron chi connectivity index (χ2n) is 4.70. The third kappa shape index (κ3) is 2.78. The molecule has 0 unspecified atom stereocenters. The third-order valence-corrected chi connectivity index (χ3v) is 5.65. The van der Waals surface area contributed by atoms with Gasteiger partial charge in [-0.15, -0.1) is 0 Å². The van der Waals surface area contributed by atoms with Crippen molar-refractivity contribution in [1.29, 1.82) is 0 Å². The van der Waals surface area contributed by atoms with Gasteiger partial charge in [0.05, 0.1) is 17.2 Å². The number of para-hydroxylation sites is 2. The molecular formula is C15H14BrNO3S. The molecule has 1 aliphatic heterocycles. The predicted octanol–water partition coefficient (Wildman–Crippen LogP) is 3.43. The van der Waals surface area contributed by atoms with Crippen molar-refractivity contribution in [3.05, 3.63) is 53.0 Å². The summed E-state index contributed by atoms with van der Waals surface area (Å²) in [6.45, 7) is 0.929. The number of nitrogens with zero attached hydrogens (tertiary/aromatic N) is 1. The van der Waals surface area contributed by atoms with Crippen LogP contribution in [0.2, 0.25) is 0 Å². The van der Waals surface area contributed by atoms with Crippen LogP contribution in [0.5, 0.6) is 5.75 Å². The molecule has 0 aromatic heterocycles. The summed E-state index contributed by atoms with van der Waals surface area (Å²) in [5.74, 6) is 0.607. The Morgan fingerprint density at radius 1 is 1.05 bits per heavy atom. The first-order valence-electron chi connectivity index (χ1n) is 6.59. The Morgan fingerprint density at radius 2 is 1.76 bits per heavy atom. The van der Waals surface area contributed by atoms with Crippen molar-refractivity contribution >= 4 is 31.6 Å². The van der Waals surface area contributed by atoms with Crippen molar-refractivity contribution in [2.24, 2.45) is 0 Å². The largest absolute Gasteiger partial charge is 0.491 e. The van der Waals surface area contributed by atoms with E-state index < -0.39 is 10.0 Å². The van der Waals surface area contributed by atoms with E-state index in [-0.39, 0.29) is 4.90 Å². The van der Waals surface area contributed by atoms with Crippen molar-refractivity contribution in [1.82, 2.24) is 0 Å². The van der Waals surface area contributed by atoms with Crippen LogP contribution in [0.4, 0.5) is 5.69 Å². The Kier molecular flexibility index (Phi) is 3.91. The number of benzene rings is 2. The molecule has 1 heterocycles. The molecule has 21 heavy (non-hydrogen) atoms. The van der Waals surface area contributed by atoms with Crippen molar-refractivity contribution in [2.75, 3.05) is 17.5 Å². The number of anilines is 1. The number of fused-ring (bicyclic) bond motifs is 1. The lowest BCUT2D eigenvalue weighted by Gasteiger charge is -2.23. The zero-order valence-corrected chi connectivity index (χ0v) is 13.6. The van der Waals surface area contributed by atoms with E-state index in [2.05, 4.69) is 15.9 Å². The van der Waals surface area contributed by atoms with E-state index in [1.165, 1.54) is 4.31 Å². The highest BCUT2D eigenvalue weighted by Crippen LogP contribution is 2.34. The predicted molar refractivity (Wildman–Crippen MR) is 85.2 cm³/mol. The lowest BCUT2D eigenvalue weighted by molar-refractivity contribution is 0.322. The van der Waals surface area contributed by atoms with Crippen LogP contribution >= 0.6 is 15.9 Å².